The van der Waals surface area contributed by atoms with E-state index in [0.717, 1.165) is 0 Å². The van der Waals surface area contributed by atoms with Crippen molar-refractivity contribution in [3.63, 3.8) is 0 Å². The molecule has 1 N–H and O–H groups in total. The number of methoxy groups -OCH3 is 2. The molecule has 40 heavy (non-hydrogen) atoms. The minimum absolute atomic E-state index is 0.0351. The molecule has 12 heteroatoms. The number of anilines is 1. The van der Waals surface area contributed by atoms with Gasteiger partial charge in [0.2, 0.25) is 15.9 Å². The molecule has 3 heterocycles. The molecule has 0 radical (unpaired) electrons. The number of ether oxygens (including phenoxy) is 3. The quantitative estimate of drug-likeness (QED) is 0.256. The number of pyridine rings is 1. The molecule has 0 saturated carbocycles. The Morgan fingerprint density at radius 3 is 2.27 bits per heavy atom. The molecule has 11 nitrogen and oxygen atoms in total. The van der Waals surface area contributed by atoms with Gasteiger partial charge in [0.1, 0.15) is 28.1 Å². The first-order valence-electron chi connectivity index (χ1n) is 12.5. The molecule has 0 saturated heterocycles. The van der Waals surface area contributed by atoms with Gasteiger partial charge < -0.3 is 14.2 Å². The molecule has 0 aliphatic rings. The van der Waals surface area contributed by atoms with Crippen LogP contribution >= 0.6 is 0 Å². The average molecular weight is 561 g/mol. The standard InChI is InChI=1S/C28H28N6O5S/c1-5-39-24-16-9-13-20(30-24)27-32-26-28(34(27)25-21(37-3)14-10-15-22(25)38-4)31-23(17-29-26)33-40(35,36)18(2)19-11-7-6-8-12-19/h6-18H,5H2,1-4H3,(H,31,33). The summed E-state index contributed by atoms with van der Waals surface area (Å²) in [5.74, 6) is 1.80. The maximum Gasteiger partial charge on any atom is 0.240 e. The summed E-state index contributed by atoms with van der Waals surface area (Å²) in [7, 11) is -0.770. The van der Waals surface area contributed by atoms with E-state index in [0.29, 0.717) is 46.8 Å². The minimum atomic E-state index is -3.86. The second-order valence-corrected chi connectivity index (χ2v) is 10.7. The number of sulfonamides is 1. The van der Waals surface area contributed by atoms with Gasteiger partial charge >= 0.3 is 0 Å². The number of nitrogens with one attached hydrogen (secondary N) is 1. The van der Waals surface area contributed by atoms with Crippen molar-refractivity contribution in [3.05, 3.63) is 78.5 Å². The number of rotatable bonds is 10. The van der Waals surface area contributed by atoms with Crippen LogP contribution in [0, 0.1) is 0 Å². The van der Waals surface area contributed by atoms with Gasteiger partial charge in [0.15, 0.2) is 22.9 Å². The summed E-state index contributed by atoms with van der Waals surface area (Å²) in [6.45, 7) is 3.93. The highest BCUT2D eigenvalue weighted by atomic mass is 32.2. The summed E-state index contributed by atoms with van der Waals surface area (Å²) in [5, 5.41) is -0.827. The number of hydrogen-bond acceptors (Lipinski definition) is 9. The Hall–Kier alpha value is -4.71. The van der Waals surface area contributed by atoms with Crippen molar-refractivity contribution >= 4 is 27.1 Å². The van der Waals surface area contributed by atoms with Crippen molar-refractivity contribution < 1.29 is 22.6 Å². The van der Waals surface area contributed by atoms with Crippen LogP contribution in [-0.2, 0) is 10.0 Å². The van der Waals surface area contributed by atoms with E-state index in [1.54, 1.807) is 80.3 Å². The Morgan fingerprint density at radius 1 is 0.900 bits per heavy atom. The number of hydrogen-bond donors (Lipinski definition) is 1. The third-order valence-corrected chi connectivity index (χ3v) is 7.92. The van der Waals surface area contributed by atoms with E-state index < -0.39 is 15.3 Å². The number of aromatic nitrogens is 5. The second kappa shape index (κ2) is 11.2. The lowest BCUT2D eigenvalue weighted by Crippen LogP contribution is -2.20. The average Bonchev–Trinajstić information content (AvgIpc) is 3.35. The van der Waals surface area contributed by atoms with Gasteiger partial charge in [0, 0.05) is 6.07 Å². The Labute approximate surface area is 231 Å². The lowest BCUT2D eigenvalue weighted by atomic mass is 10.2. The number of imidazole rings is 1. The molecular formula is C28H28N6O5S. The zero-order valence-corrected chi connectivity index (χ0v) is 23.2. The molecule has 5 aromatic rings. The molecule has 0 aliphatic carbocycles. The highest BCUT2D eigenvalue weighted by molar-refractivity contribution is 7.92. The van der Waals surface area contributed by atoms with Gasteiger partial charge in [-0.2, -0.15) is 0 Å². The van der Waals surface area contributed by atoms with Gasteiger partial charge in [-0.15, -0.1) is 0 Å². The van der Waals surface area contributed by atoms with Gasteiger partial charge in [-0.3, -0.25) is 9.29 Å². The maximum atomic E-state index is 13.3. The topological polar surface area (TPSA) is 130 Å². The highest BCUT2D eigenvalue weighted by Crippen LogP contribution is 2.38. The summed E-state index contributed by atoms with van der Waals surface area (Å²) >= 11 is 0. The monoisotopic (exact) mass is 560 g/mol. The number of fused-ring (bicyclic) bond motifs is 1. The lowest BCUT2D eigenvalue weighted by molar-refractivity contribution is 0.327. The molecule has 206 valence electrons. The van der Waals surface area contributed by atoms with Crippen molar-refractivity contribution in [1.29, 1.82) is 0 Å². The van der Waals surface area contributed by atoms with Crippen LogP contribution in [0.3, 0.4) is 0 Å². The van der Waals surface area contributed by atoms with Gasteiger partial charge in [-0.1, -0.05) is 42.5 Å². The fourth-order valence-electron chi connectivity index (χ4n) is 4.24. The largest absolute Gasteiger partial charge is 0.494 e. The van der Waals surface area contributed by atoms with Crippen LogP contribution in [0.25, 0.3) is 28.5 Å². The fourth-order valence-corrected chi connectivity index (χ4v) is 5.32. The molecule has 0 bridgehead atoms. The van der Waals surface area contributed by atoms with Crippen molar-refractivity contribution in [2.45, 2.75) is 19.1 Å². The van der Waals surface area contributed by atoms with E-state index in [1.165, 1.54) is 6.20 Å². The summed E-state index contributed by atoms with van der Waals surface area (Å²) in [6, 6.07) is 19.6. The summed E-state index contributed by atoms with van der Waals surface area (Å²) < 4.78 is 47.7. The van der Waals surface area contributed by atoms with Gasteiger partial charge in [-0.25, -0.2) is 28.4 Å². The SMILES string of the molecule is CCOc1cccc(-c2nc3ncc(NS(=O)(=O)C(C)c4ccccc4)nc3n2-c2c(OC)cccc2OC)n1. The van der Waals surface area contributed by atoms with Gasteiger partial charge in [0.25, 0.3) is 0 Å². The van der Waals surface area contributed by atoms with Crippen LogP contribution in [0.5, 0.6) is 17.4 Å². The molecule has 2 aromatic carbocycles. The van der Waals surface area contributed by atoms with E-state index in [2.05, 4.69) is 19.7 Å². The molecule has 1 atom stereocenters. The smallest absolute Gasteiger partial charge is 0.240 e. The van der Waals surface area contributed by atoms with Crippen LogP contribution < -0.4 is 18.9 Å². The van der Waals surface area contributed by atoms with Crippen LogP contribution in [0.4, 0.5) is 5.82 Å². The van der Waals surface area contributed by atoms with E-state index >= 15 is 0 Å². The van der Waals surface area contributed by atoms with E-state index in [1.807, 2.05) is 19.1 Å². The zero-order valence-electron chi connectivity index (χ0n) is 22.4. The van der Waals surface area contributed by atoms with Gasteiger partial charge in [-0.05, 0) is 37.6 Å². The Balaban J connectivity index is 1.70. The molecular weight excluding hydrogens is 532 g/mol. The predicted molar refractivity (Wildman–Crippen MR) is 152 cm³/mol. The fraction of sp³-hybridized carbons (Fsp3) is 0.214. The Bertz CT molecular complexity index is 1740. The summed E-state index contributed by atoms with van der Waals surface area (Å²) in [5.41, 5.74) is 2.18. The number of benzene rings is 2. The predicted octanol–water partition coefficient (Wildman–Crippen LogP) is 4.80. The molecule has 0 fully saturated rings. The number of para-hydroxylation sites is 1. The van der Waals surface area contributed by atoms with Gasteiger partial charge in [0.05, 0.1) is 27.0 Å². The van der Waals surface area contributed by atoms with Crippen LogP contribution in [-0.4, -0.2) is 53.7 Å². The van der Waals surface area contributed by atoms with Crippen LogP contribution in [0.1, 0.15) is 24.7 Å². The molecule has 1 unspecified atom stereocenters. The van der Waals surface area contributed by atoms with E-state index in [9.17, 15) is 8.42 Å². The Morgan fingerprint density at radius 2 is 1.60 bits per heavy atom. The third-order valence-electron chi connectivity index (χ3n) is 6.22. The summed E-state index contributed by atoms with van der Waals surface area (Å²) in [4.78, 5) is 18.4. The first-order chi connectivity index (χ1) is 19.4. The highest BCUT2D eigenvalue weighted by Gasteiger charge is 2.26. The first-order valence-corrected chi connectivity index (χ1v) is 14.0. The molecule has 0 spiro atoms. The van der Waals surface area contributed by atoms with Crippen molar-refractivity contribution in [2.24, 2.45) is 0 Å². The van der Waals surface area contributed by atoms with E-state index in [4.69, 9.17) is 19.2 Å². The molecule has 3 aromatic heterocycles. The van der Waals surface area contributed by atoms with Crippen LogP contribution in [0.15, 0.2) is 72.9 Å². The summed E-state index contributed by atoms with van der Waals surface area (Å²) in [6.07, 6.45) is 1.34. The third kappa shape index (κ3) is 5.13. The number of nitrogens with zero attached hydrogens (tertiary/aromatic N) is 5. The molecule has 0 aliphatic heterocycles. The molecule has 0 amide bonds. The van der Waals surface area contributed by atoms with Crippen molar-refractivity contribution in [1.82, 2.24) is 24.5 Å². The normalized spacial score (nSPS) is 12.2. The van der Waals surface area contributed by atoms with E-state index in [-0.39, 0.29) is 17.1 Å². The van der Waals surface area contributed by atoms with Crippen molar-refractivity contribution in [2.75, 3.05) is 25.5 Å². The van der Waals surface area contributed by atoms with Crippen LogP contribution in [0.2, 0.25) is 0 Å². The Kier molecular flexibility index (Phi) is 7.52. The molecule has 5 rings (SSSR count). The maximum absolute atomic E-state index is 13.3. The zero-order chi connectivity index (χ0) is 28.3. The first kappa shape index (κ1) is 26.9. The lowest BCUT2D eigenvalue weighted by Gasteiger charge is -2.17. The second-order valence-electron chi connectivity index (χ2n) is 8.68. The van der Waals surface area contributed by atoms with Crippen molar-refractivity contribution in [3.8, 4) is 34.6 Å². The minimum Gasteiger partial charge on any atom is -0.494 e.